The lowest BCUT2D eigenvalue weighted by molar-refractivity contribution is -0.258. The molecule has 1 N–H and O–H groups in total. The van der Waals surface area contributed by atoms with Crippen molar-refractivity contribution in [2.24, 2.45) is 0 Å². The summed E-state index contributed by atoms with van der Waals surface area (Å²) in [5.41, 5.74) is -3.56. The zero-order valence-electron chi connectivity index (χ0n) is 9.93. The van der Waals surface area contributed by atoms with Gasteiger partial charge in [-0.2, -0.15) is 13.2 Å². The van der Waals surface area contributed by atoms with E-state index in [9.17, 15) is 18.3 Å². The smallest absolute Gasteiger partial charge is 0.421 e. The summed E-state index contributed by atoms with van der Waals surface area (Å²) in [5, 5.41) is 9.33. The molecule has 18 heavy (non-hydrogen) atoms. The van der Waals surface area contributed by atoms with Crippen molar-refractivity contribution in [3.05, 3.63) is 22.7 Å². The average molecular weight is 285 g/mol. The highest BCUT2D eigenvalue weighted by Gasteiger charge is 2.52. The van der Waals surface area contributed by atoms with E-state index in [1.807, 2.05) is 0 Å². The molecule has 0 saturated heterocycles. The van der Waals surface area contributed by atoms with Gasteiger partial charge < -0.3 is 14.6 Å². The van der Waals surface area contributed by atoms with Gasteiger partial charge in [-0.05, 0) is 13.0 Å². The summed E-state index contributed by atoms with van der Waals surface area (Å²) in [6, 6.07) is 2.17. The summed E-state index contributed by atoms with van der Waals surface area (Å²) in [4.78, 5) is 0. The van der Waals surface area contributed by atoms with E-state index in [4.69, 9.17) is 21.1 Å². The predicted molar refractivity (Wildman–Crippen MR) is 60.2 cm³/mol. The van der Waals surface area contributed by atoms with Crippen LogP contribution in [-0.4, -0.2) is 25.5 Å². The second kappa shape index (κ2) is 4.85. The maximum atomic E-state index is 12.7. The first kappa shape index (κ1) is 14.9. The van der Waals surface area contributed by atoms with Crippen molar-refractivity contribution >= 4 is 11.6 Å². The van der Waals surface area contributed by atoms with Crippen LogP contribution in [0.2, 0.25) is 5.02 Å². The van der Waals surface area contributed by atoms with E-state index in [0.29, 0.717) is 6.92 Å². The Morgan fingerprint density at radius 1 is 1.11 bits per heavy atom. The first-order valence-corrected chi connectivity index (χ1v) is 5.24. The second-order valence-electron chi connectivity index (χ2n) is 3.76. The number of hydrogen-bond acceptors (Lipinski definition) is 3. The largest absolute Gasteiger partial charge is 0.493 e. The number of ether oxygens (including phenoxy) is 2. The van der Waals surface area contributed by atoms with Crippen LogP contribution in [0, 0.1) is 0 Å². The van der Waals surface area contributed by atoms with Crippen LogP contribution in [0.3, 0.4) is 0 Å². The Kier molecular flexibility index (Phi) is 4.02. The van der Waals surface area contributed by atoms with E-state index in [1.165, 1.54) is 14.2 Å². The third-order valence-electron chi connectivity index (χ3n) is 2.55. The minimum Gasteiger partial charge on any atom is -0.493 e. The molecule has 0 aliphatic carbocycles. The molecule has 0 aliphatic heterocycles. The Morgan fingerprint density at radius 3 is 1.94 bits per heavy atom. The quantitative estimate of drug-likeness (QED) is 0.927. The van der Waals surface area contributed by atoms with Gasteiger partial charge in [-0.15, -0.1) is 0 Å². The molecular formula is C11H12ClF3O3. The van der Waals surface area contributed by atoms with Gasteiger partial charge in [0, 0.05) is 11.6 Å². The molecule has 1 rings (SSSR count). The maximum absolute atomic E-state index is 12.7. The first-order valence-electron chi connectivity index (χ1n) is 4.86. The summed E-state index contributed by atoms with van der Waals surface area (Å²) >= 11 is 5.73. The lowest BCUT2D eigenvalue weighted by Gasteiger charge is -2.28. The van der Waals surface area contributed by atoms with Gasteiger partial charge in [0.2, 0.25) is 0 Å². The minimum absolute atomic E-state index is 0.0569. The van der Waals surface area contributed by atoms with E-state index in [-0.39, 0.29) is 16.5 Å². The van der Waals surface area contributed by atoms with Gasteiger partial charge in [-0.3, -0.25) is 0 Å². The summed E-state index contributed by atoms with van der Waals surface area (Å²) in [5.74, 6) is 0.241. The van der Waals surface area contributed by atoms with Gasteiger partial charge in [0.05, 0.1) is 19.2 Å². The highest BCUT2D eigenvalue weighted by atomic mass is 35.5. The van der Waals surface area contributed by atoms with Crippen molar-refractivity contribution in [1.29, 1.82) is 0 Å². The molecule has 0 fully saturated rings. The monoisotopic (exact) mass is 284 g/mol. The Hall–Kier alpha value is -1.14. The molecule has 3 nitrogen and oxygen atoms in total. The van der Waals surface area contributed by atoms with Gasteiger partial charge in [-0.25, -0.2) is 0 Å². The second-order valence-corrected chi connectivity index (χ2v) is 4.16. The van der Waals surface area contributed by atoms with Crippen molar-refractivity contribution in [1.82, 2.24) is 0 Å². The number of methoxy groups -OCH3 is 2. The van der Waals surface area contributed by atoms with Gasteiger partial charge in [0.25, 0.3) is 0 Å². The number of benzene rings is 1. The molecule has 1 aromatic carbocycles. The zero-order chi connectivity index (χ0) is 14.1. The van der Waals surface area contributed by atoms with Crippen LogP contribution in [-0.2, 0) is 5.60 Å². The molecule has 0 heterocycles. The van der Waals surface area contributed by atoms with E-state index < -0.39 is 17.3 Å². The van der Waals surface area contributed by atoms with Crippen LogP contribution >= 0.6 is 11.6 Å². The third-order valence-corrected chi connectivity index (χ3v) is 2.86. The first-order chi connectivity index (χ1) is 8.15. The van der Waals surface area contributed by atoms with Crippen LogP contribution in [0.15, 0.2) is 12.1 Å². The summed E-state index contributed by atoms with van der Waals surface area (Å²) in [6.45, 7) is 0.625. The Morgan fingerprint density at radius 2 is 1.56 bits per heavy atom. The Balaban J connectivity index is 3.43. The summed E-state index contributed by atoms with van der Waals surface area (Å²) in [7, 11) is 2.60. The average Bonchev–Trinajstić information content (AvgIpc) is 2.26. The molecule has 7 heteroatoms. The molecule has 0 saturated carbocycles. The highest BCUT2D eigenvalue weighted by molar-refractivity contribution is 6.31. The number of aliphatic hydroxyl groups is 1. The molecule has 0 amide bonds. The molecule has 1 aromatic rings. The molecule has 0 aromatic heterocycles. The molecule has 0 radical (unpaired) electrons. The topological polar surface area (TPSA) is 38.7 Å². The summed E-state index contributed by atoms with van der Waals surface area (Å²) in [6.07, 6.45) is -4.85. The van der Waals surface area contributed by atoms with E-state index >= 15 is 0 Å². The molecule has 102 valence electrons. The van der Waals surface area contributed by atoms with Gasteiger partial charge >= 0.3 is 6.18 Å². The fourth-order valence-electron chi connectivity index (χ4n) is 1.38. The van der Waals surface area contributed by atoms with Crippen LogP contribution in [0.4, 0.5) is 13.2 Å². The molecule has 0 aliphatic rings. The van der Waals surface area contributed by atoms with Crippen LogP contribution in [0.1, 0.15) is 12.5 Å². The number of alkyl halides is 3. The van der Waals surface area contributed by atoms with Crippen molar-refractivity contribution in [3.63, 3.8) is 0 Å². The molecule has 1 unspecified atom stereocenters. The third kappa shape index (κ3) is 2.49. The Bertz CT molecular complexity index is 444. The van der Waals surface area contributed by atoms with Crippen LogP contribution in [0.25, 0.3) is 0 Å². The van der Waals surface area contributed by atoms with Gasteiger partial charge in [-0.1, -0.05) is 11.6 Å². The zero-order valence-corrected chi connectivity index (χ0v) is 10.7. The fraction of sp³-hybridized carbons (Fsp3) is 0.455. The van der Waals surface area contributed by atoms with E-state index in [1.54, 1.807) is 0 Å². The SMILES string of the molecule is COc1cc(Cl)c(C(C)(O)C(F)(F)F)cc1OC. The molecular weight excluding hydrogens is 273 g/mol. The van der Waals surface area contributed by atoms with Crippen LogP contribution < -0.4 is 9.47 Å². The molecule has 0 bridgehead atoms. The summed E-state index contributed by atoms with van der Waals surface area (Å²) < 4.78 is 48.0. The van der Waals surface area contributed by atoms with Crippen molar-refractivity contribution in [2.75, 3.05) is 14.2 Å². The van der Waals surface area contributed by atoms with Crippen molar-refractivity contribution in [2.45, 2.75) is 18.7 Å². The lowest BCUT2D eigenvalue weighted by Crippen LogP contribution is -2.39. The van der Waals surface area contributed by atoms with E-state index in [2.05, 4.69) is 0 Å². The number of rotatable bonds is 3. The number of halogens is 4. The molecule has 1 atom stereocenters. The standard InChI is InChI=1S/C11H12ClF3O3/c1-10(16,11(13,14)15)6-4-8(17-2)9(18-3)5-7(6)12/h4-5,16H,1-3H3. The Labute approximate surface area is 107 Å². The van der Waals surface area contributed by atoms with E-state index in [0.717, 1.165) is 12.1 Å². The normalized spacial score (nSPS) is 15.1. The number of hydrogen-bond donors (Lipinski definition) is 1. The highest BCUT2D eigenvalue weighted by Crippen LogP contribution is 2.44. The van der Waals surface area contributed by atoms with Crippen molar-refractivity contribution in [3.8, 4) is 11.5 Å². The minimum atomic E-state index is -4.85. The predicted octanol–water partition coefficient (Wildman–Crippen LogP) is 3.13. The van der Waals surface area contributed by atoms with Crippen molar-refractivity contribution < 1.29 is 27.8 Å². The fourth-order valence-corrected chi connectivity index (χ4v) is 1.72. The van der Waals surface area contributed by atoms with Gasteiger partial charge in [0.15, 0.2) is 17.1 Å². The maximum Gasteiger partial charge on any atom is 0.421 e. The lowest BCUT2D eigenvalue weighted by atomic mass is 9.95. The molecule has 0 spiro atoms. The van der Waals surface area contributed by atoms with Crippen LogP contribution in [0.5, 0.6) is 11.5 Å². The van der Waals surface area contributed by atoms with Gasteiger partial charge in [0.1, 0.15) is 0 Å².